The first-order valence-corrected chi connectivity index (χ1v) is 6.41. The van der Waals surface area contributed by atoms with Gasteiger partial charge in [-0.1, -0.05) is 17.7 Å². The zero-order chi connectivity index (χ0) is 14.0. The molecule has 0 saturated carbocycles. The van der Waals surface area contributed by atoms with Gasteiger partial charge >= 0.3 is 0 Å². The van der Waals surface area contributed by atoms with E-state index in [1.54, 1.807) is 17.8 Å². The van der Waals surface area contributed by atoms with Gasteiger partial charge in [0.1, 0.15) is 5.69 Å². The number of nitrogens with zero attached hydrogens (tertiary/aromatic N) is 2. The smallest absolute Gasteiger partial charge is 0.204 e. The predicted molar refractivity (Wildman–Crippen MR) is 77.1 cm³/mol. The van der Waals surface area contributed by atoms with Crippen LogP contribution in [0, 0.1) is 13.8 Å². The molecule has 0 atom stereocenters. The molecule has 0 radical (unpaired) electrons. The third-order valence-corrected chi connectivity index (χ3v) is 3.33. The van der Waals surface area contributed by atoms with Crippen LogP contribution < -0.4 is 10.7 Å². The van der Waals surface area contributed by atoms with E-state index < -0.39 is 0 Å². The first kappa shape index (κ1) is 13.8. The van der Waals surface area contributed by atoms with E-state index in [9.17, 15) is 4.79 Å². The van der Waals surface area contributed by atoms with E-state index >= 15 is 0 Å². The summed E-state index contributed by atoms with van der Waals surface area (Å²) in [6.45, 7) is 4.24. The summed E-state index contributed by atoms with van der Waals surface area (Å²) in [5.74, 6) is 0. The maximum absolute atomic E-state index is 11.8. The summed E-state index contributed by atoms with van der Waals surface area (Å²) in [6.07, 6.45) is 0. The van der Waals surface area contributed by atoms with Gasteiger partial charge in [0.2, 0.25) is 5.43 Å². The van der Waals surface area contributed by atoms with Crippen LogP contribution in [0.5, 0.6) is 0 Å². The van der Waals surface area contributed by atoms with E-state index in [1.165, 1.54) is 0 Å². The molecule has 2 aromatic rings. The molecule has 4 nitrogen and oxygen atoms in total. The summed E-state index contributed by atoms with van der Waals surface area (Å²) < 4.78 is 1.74. The van der Waals surface area contributed by atoms with Crippen LogP contribution in [0.4, 0.5) is 0 Å². The summed E-state index contributed by atoms with van der Waals surface area (Å²) >= 11 is 6.13. The van der Waals surface area contributed by atoms with Crippen molar-refractivity contribution in [3.63, 3.8) is 0 Å². The number of aromatic nitrogens is 2. The van der Waals surface area contributed by atoms with Crippen LogP contribution in [0.1, 0.15) is 17.0 Å². The average Bonchev–Trinajstić information content (AvgIpc) is 2.36. The Morgan fingerprint density at radius 1 is 1.32 bits per heavy atom. The third kappa shape index (κ3) is 2.85. The molecule has 0 aliphatic carbocycles. The lowest BCUT2D eigenvalue weighted by Gasteiger charge is -2.12. The summed E-state index contributed by atoms with van der Waals surface area (Å²) in [6, 6.07) is 7.32. The van der Waals surface area contributed by atoms with Gasteiger partial charge in [-0.2, -0.15) is 5.10 Å². The topological polar surface area (TPSA) is 46.9 Å². The molecule has 0 aliphatic rings. The van der Waals surface area contributed by atoms with Crippen LogP contribution in [-0.4, -0.2) is 16.8 Å². The van der Waals surface area contributed by atoms with Crippen molar-refractivity contribution in [1.82, 2.24) is 15.1 Å². The molecule has 0 spiro atoms. The van der Waals surface area contributed by atoms with E-state index in [4.69, 9.17) is 11.6 Å². The lowest BCUT2D eigenvalue weighted by atomic mass is 10.2. The molecule has 0 fully saturated rings. The summed E-state index contributed by atoms with van der Waals surface area (Å²) in [4.78, 5) is 11.8. The van der Waals surface area contributed by atoms with Crippen molar-refractivity contribution in [2.45, 2.75) is 20.4 Å². The average molecular weight is 278 g/mol. The second-order valence-electron chi connectivity index (χ2n) is 4.47. The minimum atomic E-state index is -0.0543. The molecular formula is C14H16ClN3O. The molecular weight excluding hydrogens is 262 g/mol. The van der Waals surface area contributed by atoms with Crippen molar-refractivity contribution in [3.05, 3.63) is 56.5 Å². The van der Waals surface area contributed by atoms with Crippen molar-refractivity contribution in [1.29, 1.82) is 0 Å². The van der Waals surface area contributed by atoms with Gasteiger partial charge in [0.05, 0.1) is 5.69 Å². The fourth-order valence-corrected chi connectivity index (χ4v) is 2.02. The van der Waals surface area contributed by atoms with Crippen molar-refractivity contribution in [3.8, 4) is 5.69 Å². The van der Waals surface area contributed by atoms with Gasteiger partial charge in [-0.15, -0.1) is 0 Å². The normalized spacial score (nSPS) is 10.7. The molecule has 0 saturated heterocycles. The van der Waals surface area contributed by atoms with Crippen molar-refractivity contribution < 1.29 is 0 Å². The first-order valence-electron chi connectivity index (χ1n) is 6.04. The van der Waals surface area contributed by atoms with Crippen LogP contribution in [0.25, 0.3) is 5.69 Å². The van der Waals surface area contributed by atoms with Crippen LogP contribution in [0.2, 0.25) is 5.02 Å². The molecule has 0 bridgehead atoms. The van der Waals surface area contributed by atoms with E-state index in [0.29, 0.717) is 17.3 Å². The third-order valence-electron chi connectivity index (χ3n) is 2.92. The fourth-order valence-electron chi connectivity index (χ4n) is 1.85. The zero-order valence-electron chi connectivity index (χ0n) is 11.2. The lowest BCUT2D eigenvalue weighted by molar-refractivity contribution is 0.704. The molecule has 19 heavy (non-hydrogen) atoms. The van der Waals surface area contributed by atoms with Gasteiger partial charge in [-0.05, 0) is 38.6 Å². The second-order valence-corrected chi connectivity index (χ2v) is 4.88. The van der Waals surface area contributed by atoms with E-state index in [-0.39, 0.29) is 5.43 Å². The van der Waals surface area contributed by atoms with Crippen LogP contribution in [-0.2, 0) is 6.54 Å². The molecule has 100 valence electrons. The molecule has 0 unspecified atom stereocenters. The van der Waals surface area contributed by atoms with Crippen LogP contribution in [0.3, 0.4) is 0 Å². The number of nitrogens with one attached hydrogen (secondary N) is 1. The first-order chi connectivity index (χ1) is 9.02. The monoisotopic (exact) mass is 277 g/mol. The highest BCUT2D eigenvalue weighted by Gasteiger charge is 2.08. The lowest BCUT2D eigenvalue weighted by Crippen LogP contribution is -2.22. The number of hydrogen-bond donors (Lipinski definition) is 1. The molecule has 0 aliphatic heterocycles. The number of halogens is 1. The van der Waals surface area contributed by atoms with Crippen molar-refractivity contribution >= 4 is 11.6 Å². The maximum atomic E-state index is 11.8. The standard InChI is InChI=1S/C14H16ClN3O/c1-9-4-5-11(7-12(9)15)18-10(2)6-14(19)13(17-18)8-16-3/h4-7,16H,8H2,1-3H3. The maximum Gasteiger partial charge on any atom is 0.204 e. The number of benzene rings is 1. The Morgan fingerprint density at radius 3 is 2.68 bits per heavy atom. The van der Waals surface area contributed by atoms with Crippen LogP contribution >= 0.6 is 11.6 Å². The Kier molecular flexibility index (Phi) is 4.02. The van der Waals surface area contributed by atoms with Gasteiger partial charge < -0.3 is 5.32 Å². The molecule has 0 amide bonds. The Hall–Kier alpha value is -1.65. The highest BCUT2D eigenvalue weighted by atomic mass is 35.5. The Labute approximate surface area is 117 Å². The van der Waals surface area contributed by atoms with E-state index in [1.807, 2.05) is 32.0 Å². The molecule has 1 heterocycles. The highest BCUT2D eigenvalue weighted by molar-refractivity contribution is 6.31. The summed E-state index contributed by atoms with van der Waals surface area (Å²) in [5, 5.41) is 8.01. The predicted octanol–water partition coefficient (Wildman–Crippen LogP) is 2.22. The Balaban J connectivity index is 2.57. The zero-order valence-corrected chi connectivity index (χ0v) is 12.0. The van der Waals surface area contributed by atoms with Gasteiger partial charge in [0, 0.05) is 23.3 Å². The number of aryl methyl sites for hydroxylation is 2. The largest absolute Gasteiger partial charge is 0.314 e. The van der Waals surface area contributed by atoms with Gasteiger partial charge in [0.25, 0.3) is 0 Å². The fraction of sp³-hybridized carbons (Fsp3) is 0.286. The Morgan fingerprint density at radius 2 is 2.05 bits per heavy atom. The minimum Gasteiger partial charge on any atom is -0.314 e. The SMILES string of the molecule is CNCc1nn(-c2ccc(C)c(Cl)c2)c(C)cc1=O. The number of rotatable bonds is 3. The molecule has 5 heteroatoms. The van der Waals surface area contributed by atoms with Gasteiger partial charge in [-0.3, -0.25) is 4.79 Å². The van der Waals surface area contributed by atoms with E-state index in [2.05, 4.69) is 10.4 Å². The van der Waals surface area contributed by atoms with Crippen molar-refractivity contribution in [2.24, 2.45) is 0 Å². The Bertz CT molecular complexity index is 664. The quantitative estimate of drug-likeness (QED) is 0.936. The molecule has 1 N–H and O–H groups in total. The molecule has 2 rings (SSSR count). The number of hydrogen-bond acceptors (Lipinski definition) is 3. The summed E-state index contributed by atoms with van der Waals surface area (Å²) in [5.41, 5.74) is 3.08. The summed E-state index contributed by atoms with van der Waals surface area (Å²) in [7, 11) is 1.79. The highest BCUT2D eigenvalue weighted by Crippen LogP contribution is 2.19. The second kappa shape index (κ2) is 5.55. The van der Waals surface area contributed by atoms with Crippen molar-refractivity contribution in [2.75, 3.05) is 7.05 Å². The van der Waals surface area contributed by atoms with Crippen LogP contribution in [0.15, 0.2) is 29.1 Å². The van der Waals surface area contributed by atoms with Gasteiger partial charge in [-0.25, -0.2) is 4.68 Å². The molecule has 1 aromatic carbocycles. The minimum absolute atomic E-state index is 0.0543. The van der Waals surface area contributed by atoms with E-state index in [0.717, 1.165) is 16.9 Å². The molecule has 1 aromatic heterocycles. The van der Waals surface area contributed by atoms with Gasteiger partial charge in [0.15, 0.2) is 0 Å².